The third-order valence-electron chi connectivity index (χ3n) is 4.92. The smallest absolute Gasteiger partial charge is 0.407 e. The third-order valence-corrected chi connectivity index (χ3v) is 4.92. The summed E-state index contributed by atoms with van der Waals surface area (Å²) in [5.41, 5.74) is 6.04. The first kappa shape index (κ1) is 18.5. The first-order valence-corrected chi connectivity index (χ1v) is 9.39. The van der Waals surface area contributed by atoms with Crippen molar-refractivity contribution in [3.8, 4) is 23.0 Å². The number of amides is 1. The van der Waals surface area contributed by atoms with Gasteiger partial charge in [0.05, 0.1) is 6.54 Å². The molecule has 29 heavy (non-hydrogen) atoms. The van der Waals surface area contributed by atoms with Gasteiger partial charge in [-0.15, -0.1) is 0 Å². The zero-order chi connectivity index (χ0) is 20.1. The lowest BCUT2D eigenvalue weighted by atomic mass is 9.98. The molecule has 0 saturated carbocycles. The summed E-state index contributed by atoms with van der Waals surface area (Å²) in [7, 11) is 0. The molecule has 1 N–H and O–H groups in total. The van der Waals surface area contributed by atoms with Gasteiger partial charge in [-0.05, 0) is 34.4 Å². The molecule has 3 aromatic carbocycles. The maximum atomic E-state index is 12.1. The fourth-order valence-corrected chi connectivity index (χ4v) is 3.60. The zero-order valence-electron chi connectivity index (χ0n) is 15.7. The van der Waals surface area contributed by atoms with Crippen LogP contribution in [0.2, 0.25) is 0 Å². The van der Waals surface area contributed by atoms with Crippen molar-refractivity contribution in [2.24, 2.45) is 0 Å². The van der Waals surface area contributed by atoms with E-state index in [1.54, 1.807) is 18.2 Å². The molecule has 0 radical (unpaired) electrons. The number of ether oxygens (including phenoxy) is 1. The number of benzene rings is 3. The van der Waals surface area contributed by atoms with E-state index in [1.165, 1.54) is 22.3 Å². The number of alkyl carbamates (subject to hydrolysis) is 1. The van der Waals surface area contributed by atoms with Crippen molar-refractivity contribution in [1.82, 2.24) is 5.32 Å². The molecule has 1 aliphatic rings. The molecule has 4 rings (SSSR count). The van der Waals surface area contributed by atoms with Gasteiger partial charge in [-0.25, -0.2) is 4.79 Å². The van der Waals surface area contributed by atoms with Crippen molar-refractivity contribution < 1.29 is 14.3 Å². The number of hydrogen-bond donors (Lipinski definition) is 1. The highest BCUT2D eigenvalue weighted by Gasteiger charge is 2.28. The van der Waals surface area contributed by atoms with E-state index in [1.807, 2.05) is 30.3 Å². The summed E-state index contributed by atoms with van der Waals surface area (Å²) < 4.78 is 5.46. The van der Waals surface area contributed by atoms with Crippen LogP contribution in [0.15, 0.2) is 72.8 Å². The Hall–Kier alpha value is -3.84. The van der Waals surface area contributed by atoms with Gasteiger partial charge in [0.15, 0.2) is 0 Å². The van der Waals surface area contributed by atoms with Crippen molar-refractivity contribution in [3.63, 3.8) is 0 Å². The summed E-state index contributed by atoms with van der Waals surface area (Å²) in [6.45, 7) is 0.441. The van der Waals surface area contributed by atoms with E-state index in [9.17, 15) is 9.59 Å². The maximum absolute atomic E-state index is 12.1. The van der Waals surface area contributed by atoms with Crippen LogP contribution in [-0.2, 0) is 4.74 Å². The number of nitrogens with one attached hydrogen (secondary N) is 1. The minimum absolute atomic E-state index is 0.0327. The predicted molar refractivity (Wildman–Crippen MR) is 112 cm³/mol. The second kappa shape index (κ2) is 8.45. The Labute approximate surface area is 169 Å². The lowest BCUT2D eigenvalue weighted by Gasteiger charge is -2.14. The minimum atomic E-state index is -0.497. The molecular formula is C25H19NO3. The van der Waals surface area contributed by atoms with Crippen molar-refractivity contribution >= 4 is 12.4 Å². The molecule has 4 heteroatoms. The number of aldehydes is 1. The van der Waals surface area contributed by atoms with Crippen molar-refractivity contribution in [3.05, 3.63) is 95.1 Å². The highest BCUT2D eigenvalue weighted by Crippen LogP contribution is 2.44. The first-order chi connectivity index (χ1) is 14.3. The van der Waals surface area contributed by atoms with Gasteiger partial charge < -0.3 is 10.1 Å². The second-order valence-electron chi connectivity index (χ2n) is 6.72. The Morgan fingerprint density at radius 3 is 2.34 bits per heavy atom. The topological polar surface area (TPSA) is 55.4 Å². The van der Waals surface area contributed by atoms with Crippen molar-refractivity contribution in [2.75, 3.05) is 13.2 Å². The summed E-state index contributed by atoms with van der Waals surface area (Å²) >= 11 is 0. The summed E-state index contributed by atoms with van der Waals surface area (Å²) in [4.78, 5) is 22.9. The van der Waals surface area contributed by atoms with Crippen LogP contribution in [0.3, 0.4) is 0 Å². The fraction of sp³-hybridized carbons (Fsp3) is 0.120. The van der Waals surface area contributed by atoms with Gasteiger partial charge in [0.1, 0.15) is 12.9 Å². The molecule has 1 amide bonds. The van der Waals surface area contributed by atoms with E-state index in [4.69, 9.17) is 4.74 Å². The molecule has 0 saturated heterocycles. The van der Waals surface area contributed by atoms with Crippen LogP contribution in [0.5, 0.6) is 0 Å². The fourth-order valence-electron chi connectivity index (χ4n) is 3.60. The van der Waals surface area contributed by atoms with Crippen LogP contribution >= 0.6 is 0 Å². The first-order valence-electron chi connectivity index (χ1n) is 9.39. The molecule has 0 atom stereocenters. The van der Waals surface area contributed by atoms with Crippen LogP contribution in [0, 0.1) is 11.8 Å². The monoisotopic (exact) mass is 381 g/mol. The molecule has 0 fully saturated rings. The lowest BCUT2D eigenvalue weighted by Crippen LogP contribution is -2.26. The Bertz CT molecular complexity index is 1080. The van der Waals surface area contributed by atoms with Gasteiger partial charge in [-0.1, -0.05) is 72.5 Å². The average Bonchev–Trinajstić information content (AvgIpc) is 3.09. The molecule has 0 aromatic heterocycles. The maximum Gasteiger partial charge on any atom is 0.407 e. The van der Waals surface area contributed by atoms with Gasteiger partial charge in [0, 0.05) is 17.0 Å². The molecule has 0 spiro atoms. The van der Waals surface area contributed by atoms with E-state index in [-0.39, 0.29) is 19.1 Å². The summed E-state index contributed by atoms with van der Waals surface area (Å²) in [5.74, 6) is 5.82. The van der Waals surface area contributed by atoms with Crippen molar-refractivity contribution in [2.45, 2.75) is 5.92 Å². The average molecular weight is 381 g/mol. The Morgan fingerprint density at radius 2 is 1.66 bits per heavy atom. The molecule has 3 aromatic rings. The van der Waals surface area contributed by atoms with E-state index < -0.39 is 6.09 Å². The molecular weight excluding hydrogens is 362 g/mol. The van der Waals surface area contributed by atoms with Crippen LogP contribution < -0.4 is 5.32 Å². The number of fused-ring (bicyclic) bond motifs is 3. The third kappa shape index (κ3) is 4.04. The summed E-state index contributed by atoms with van der Waals surface area (Å²) in [6, 6.07) is 23.4. The Kier molecular flexibility index (Phi) is 5.40. The highest BCUT2D eigenvalue weighted by atomic mass is 16.5. The minimum Gasteiger partial charge on any atom is -0.449 e. The molecule has 0 bridgehead atoms. The van der Waals surface area contributed by atoms with Gasteiger partial charge in [0.25, 0.3) is 0 Å². The van der Waals surface area contributed by atoms with Crippen molar-refractivity contribution in [1.29, 1.82) is 0 Å². The van der Waals surface area contributed by atoms with E-state index in [0.29, 0.717) is 5.56 Å². The molecule has 0 unspecified atom stereocenters. The van der Waals surface area contributed by atoms with Gasteiger partial charge in [0.2, 0.25) is 0 Å². The Morgan fingerprint density at radius 1 is 0.966 bits per heavy atom. The standard InChI is InChI=1S/C25H19NO3/c27-16-19-8-5-7-18(15-19)9-6-14-26-25(28)29-17-24-22-12-3-1-10-20(22)21-11-2-4-13-23(21)24/h1-5,7-8,10-13,15-16,24H,14,17H2,(H,26,28). The molecule has 1 aliphatic carbocycles. The van der Waals surface area contributed by atoms with Gasteiger partial charge in [-0.2, -0.15) is 0 Å². The molecule has 0 heterocycles. The second-order valence-corrected chi connectivity index (χ2v) is 6.72. The predicted octanol–water partition coefficient (Wildman–Crippen LogP) is 4.39. The summed E-state index contributed by atoms with van der Waals surface area (Å²) in [5, 5.41) is 2.65. The van der Waals surface area contributed by atoms with Crippen LogP contribution in [0.25, 0.3) is 11.1 Å². The Balaban J connectivity index is 1.35. The quantitative estimate of drug-likeness (QED) is 0.539. The molecule has 4 nitrogen and oxygen atoms in total. The number of hydrogen-bond acceptors (Lipinski definition) is 3. The van der Waals surface area contributed by atoms with E-state index in [2.05, 4.69) is 41.4 Å². The SMILES string of the molecule is O=Cc1cccc(C#CCNC(=O)OCC2c3ccccc3-c3ccccc32)c1. The largest absolute Gasteiger partial charge is 0.449 e. The van der Waals surface area contributed by atoms with E-state index >= 15 is 0 Å². The lowest BCUT2D eigenvalue weighted by molar-refractivity contribution is 0.112. The number of carbonyl (C=O) groups is 2. The van der Waals surface area contributed by atoms with Crippen LogP contribution in [0.1, 0.15) is 33.0 Å². The zero-order valence-corrected chi connectivity index (χ0v) is 15.7. The summed E-state index contributed by atoms with van der Waals surface area (Å²) in [6.07, 6.45) is 0.280. The number of rotatable bonds is 4. The number of carbonyl (C=O) groups excluding carboxylic acids is 2. The van der Waals surface area contributed by atoms with Gasteiger partial charge in [-0.3, -0.25) is 4.79 Å². The van der Waals surface area contributed by atoms with Crippen LogP contribution in [0.4, 0.5) is 4.79 Å². The molecule has 142 valence electrons. The normalized spacial score (nSPS) is 11.6. The highest BCUT2D eigenvalue weighted by molar-refractivity contribution is 5.79. The van der Waals surface area contributed by atoms with E-state index in [0.717, 1.165) is 11.8 Å². The van der Waals surface area contributed by atoms with Crippen LogP contribution in [-0.4, -0.2) is 25.5 Å². The van der Waals surface area contributed by atoms with Gasteiger partial charge >= 0.3 is 6.09 Å². The molecule has 0 aliphatic heterocycles.